The maximum absolute atomic E-state index is 13.3. The van der Waals surface area contributed by atoms with Crippen LogP contribution in [0.4, 0.5) is 39.3 Å². The quantitative estimate of drug-likeness (QED) is 0.200. The maximum Gasteiger partial charge on any atom is 0.269 e. The lowest BCUT2D eigenvalue weighted by atomic mass is 10.2. The number of hydrogen-bond donors (Lipinski definition) is 3. The first-order valence-corrected chi connectivity index (χ1v) is 9.69. The highest BCUT2D eigenvalue weighted by atomic mass is 19.1. The molecule has 0 saturated heterocycles. The molecule has 0 aliphatic carbocycles. The van der Waals surface area contributed by atoms with Crippen molar-refractivity contribution in [2.75, 3.05) is 16.1 Å². The molecule has 0 amide bonds. The monoisotopic (exact) mass is 444 g/mol. The lowest BCUT2D eigenvalue weighted by Crippen LogP contribution is -2.07. The molecule has 1 heterocycles. The predicted molar refractivity (Wildman–Crippen MR) is 124 cm³/mol. The highest BCUT2D eigenvalue weighted by Crippen LogP contribution is 2.21. The van der Waals surface area contributed by atoms with E-state index in [1.807, 2.05) is 30.3 Å². The molecule has 1 aromatic heterocycles. The standard InChI is InChI=1S/C22H17FN8O2/c23-16-6-4-5-15(13-16)14-24-30-22-28-20(25-17-7-2-1-3-8-17)27-21(29-22)26-18-9-11-19(12-10-18)31(32)33/h1-14H,(H3,25,26,27,28,29,30)/b24-14+. The second-order valence-corrected chi connectivity index (χ2v) is 6.65. The highest BCUT2D eigenvalue weighted by molar-refractivity contribution is 5.80. The van der Waals surface area contributed by atoms with Crippen LogP contribution in [0.1, 0.15) is 5.56 Å². The second-order valence-electron chi connectivity index (χ2n) is 6.65. The molecule has 0 unspecified atom stereocenters. The number of aromatic nitrogens is 3. The first kappa shape index (κ1) is 21.3. The van der Waals surface area contributed by atoms with E-state index in [-0.39, 0.29) is 29.3 Å². The van der Waals surface area contributed by atoms with Gasteiger partial charge in [0.2, 0.25) is 17.8 Å². The van der Waals surface area contributed by atoms with Crippen molar-refractivity contribution in [3.8, 4) is 0 Å². The molecule has 3 N–H and O–H groups in total. The topological polar surface area (TPSA) is 130 Å². The SMILES string of the molecule is O=[N+]([O-])c1ccc(Nc2nc(N/N=C/c3cccc(F)c3)nc(Nc3ccccc3)n2)cc1. The summed E-state index contributed by atoms with van der Waals surface area (Å²) in [6, 6.07) is 21.1. The summed E-state index contributed by atoms with van der Waals surface area (Å²) >= 11 is 0. The zero-order valence-electron chi connectivity index (χ0n) is 17.0. The molecule has 4 aromatic rings. The van der Waals surface area contributed by atoms with Crippen molar-refractivity contribution in [3.05, 3.63) is 100 Å². The number of non-ortho nitro benzene ring substituents is 1. The number of nitro groups is 1. The number of nitro benzene ring substituents is 1. The first-order chi connectivity index (χ1) is 16.0. The number of hydrazone groups is 1. The van der Waals surface area contributed by atoms with E-state index in [9.17, 15) is 14.5 Å². The summed E-state index contributed by atoms with van der Waals surface area (Å²) in [4.78, 5) is 23.3. The first-order valence-electron chi connectivity index (χ1n) is 9.69. The van der Waals surface area contributed by atoms with Crippen LogP contribution < -0.4 is 16.1 Å². The van der Waals surface area contributed by atoms with Gasteiger partial charge < -0.3 is 10.6 Å². The van der Waals surface area contributed by atoms with Crippen molar-refractivity contribution >= 4 is 41.1 Å². The third-order valence-corrected chi connectivity index (χ3v) is 4.23. The molecule has 0 aliphatic rings. The minimum atomic E-state index is -0.479. The van der Waals surface area contributed by atoms with Crippen LogP contribution in [-0.4, -0.2) is 26.1 Å². The lowest BCUT2D eigenvalue weighted by Gasteiger charge is -2.10. The van der Waals surface area contributed by atoms with Crippen LogP contribution in [0.25, 0.3) is 0 Å². The van der Waals surface area contributed by atoms with E-state index < -0.39 is 4.92 Å². The van der Waals surface area contributed by atoms with Gasteiger partial charge in [0.25, 0.3) is 5.69 Å². The van der Waals surface area contributed by atoms with Crippen LogP contribution in [0.5, 0.6) is 0 Å². The fourth-order valence-corrected chi connectivity index (χ4v) is 2.74. The predicted octanol–water partition coefficient (Wildman–Crippen LogP) is 4.85. The van der Waals surface area contributed by atoms with Gasteiger partial charge in [0, 0.05) is 23.5 Å². The summed E-state index contributed by atoms with van der Waals surface area (Å²) in [6.45, 7) is 0. The van der Waals surface area contributed by atoms with Gasteiger partial charge in [-0.25, -0.2) is 9.82 Å². The number of anilines is 5. The molecule has 0 spiro atoms. The lowest BCUT2D eigenvalue weighted by molar-refractivity contribution is -0.384. The molecule has 164 valence electrons. The maximum atomic E-state index is 13.3. The van der Waals surface area contributed by atoms with E-state index in [1.54, 1.807) is 24.3 Å². The van der Waals surface area contributed by atoms with Gasteiger partial charge in [0.1, 0.15) is 5.82 Å². The zero-order valence-corrected chi connectivity index (χ0v) is 17.0. The van der Waals surface area contributed by atoms with Gasteiger partial charge in [-0.05, 0) is 42.0 Å². The van der Waals surface area contributed by atoms with Crippen LogP contribution in [-0.2, 0) is 0 Å². The number of hydrogen-bond acceptors (Lipinski definition) is 9. The van der Waals surface area contributed by atoms with Crippen LogP contribution in [0, 0.1) is 15.9 Å². The number of para-hydroxylation sites is 1. The van der Waals surface area contributed by atoms with E-state index in [1.165, 1.54) is 30.5 Å². The molecule has 0 atom stereocenters. The summed E-state index contributed by atoms with van der Waals surface area (Å²) in [5, 5.41) is 21.0. The highest BCUT2D eigenvalue weighted by Gasteiger charge is 2.09. The molecule has 0 fully saturated rings. The van der Waals surface area contributed by atoms with Crippen molar-refractivity contribution in [1.82, 2.24) is 15.0 Å². The Bertz CT molecular complexity index is 1280. The van der Waals surface area contributed by atoms with Crippen molar-refractivity contribution in [3.63, 3.8) is 0 Å². The fourth-order valence-electron chi connectivity index (χ4n) is 2.74. The summed E-state index contributed by atoms with van der Waals surface area (Å²) in [6.07, 6.45) is 1.43. The second kappa shape index (κ2) is 9.92. The molecule has 3 aromatic carbocycles. The van der Waals surface area contributed by atoms with E-state index in [4.69, 9.17) is 0 Å². The van der Waals surface area contributed by atoms with Crippen molar-refractivity contribution in [2.45, 2.75) is 0 Å². The smallest absolute Gasteiger partial charge is 0.269 e. The van der Waals surface area contributed by atoms with Gasteiger partial charge >= 0.3 is 0 Å². The molecular weight excluding hydrogens is 427 g/mol. The largest absolute Gasteiger partial charge is 0.324 e. The molecule has 0 radical (unpaired) electrons. The number of rotatable bonds is 8. The Hall–Kier alpha value is -4.93. The summed E-state index contributed by atoms with van der Waals surface area (Å²) in [5.41, 5.74) is 4.54. The van der Waals surface area contributed by atoms with Crippen molar-refractivity contribution in [1.29, 1.82) is 0 Å². The van der Waals surface area contributed by atoms with Crippen LogP contribution in [0.3, 0.4) is 0 Å². The van der Waals surface area contributed by atoms with E-state index in [0.29, 0.717) is 11.3 Å². The minimum Gasteiger partial charge on any atom is -0.324 e. The summed E-state index contributed by atoms with van der Waals surface area (Å²) in [5.74, 6) is 0.174. The van der Waals surface area contributed by atoms with Gasteiger partial charge in [-0.1, -0.05) is 30.3 Å². The third kappa shape index (κ3) is 6.04. The van der Waals surface area contributed by atoms with Crippen molar-refractivity contribution < 1.29 is 9.31 Å². The molecule has 10 nitrogen and oxygen atoms in total. The average Bonchev–Trinajstić information content (AvgIpc) is 2.80. The molecule has 11 heteroatoms. The number of benzene rings is 3. The van der Waals surface area contributed by atoms with Gasteiger partial charge in [0.05, 0.1) is 11.1 Å². The van der Waals surface area contributed by atoms with Crippen LogP contribution in [0.15, 0.2) is 84.0 Å². The fraction of sp³-hybridized carbons (Fsp3) is 0. The van der Waals surface area contributed by atoms with E-state index in [2.05, 4.69) is 36.1 Å². The molecule has 0 aliphatic heterocycles. The Morgan fingerprint density at radius 1 is 0.818 bits per heavy atom. The zero-order chi connectivity index (χ0) is 23.0. The van der Waals surface area contributed by atoms with E-state index >= 15 is 0 Å². The minimum absolute atomic E-state index is 0.0309. The Labute approximate surface area is 187 Å². The average molecular weight is 444 g/mol. The van der Waals surface area contributed by atoms with Gasteiger partial charge in [-0.2, -0.15) is 20.1 Å². The van der Waals surface area contributed by atoms with Gasteiger partial charge in [0.15, 0.2) is 0 Å². The van der Waals surface area contributed by atoms with Crippen molar-refractivity contribution in [2.24, 2.45) is 5.10 Å². The molecule has 0 saturated carbocycles. The Balaban J connectivity index is 1.57. The Morgan fingerprint density at radius 3 is 2.09 bits per heavy atom. The summed E-state index contributed by atoms with van der Waals surface area (Å²) in [7, 11) is 0. The number of nitrogens with zero attached hydrogens (tertiary/aromatic N) is 5. The number of halogens is 1. The third-order valence-electron chi connectivity index (χ3n) is 4.23. The van der Waals surface area contributed by atoms with Crippen LogP contribution >= 0.6 is 0 Å². The molecule has 33 heavy (non-hydrogen) atoms. The van der Waals surface area contributed by atoms with E-state index in [0.717, 1.165) is 5.69 Å². The van der Waals surface area contributed by atoms with Gasteiger partial charge in [-0.3, -0.25) is 10.1 Å². The molecule has 4 rings (SSSR count). The number of nitrogens with one attached hydrogen (secondary N) is 3. The summed E-state index contributed by atoms with van der Waals surface area (Å²) < 4.78 is 13.3. The van der Waals surface area contributed by atoms with Crippen LogP contribution in [0.2, 0.25) is 0 Å². The Kier molecular flexibility index (Phi) is 6.40. The van der Waals surface area contributed by atoms with Gasteiger partial charge in [-0.15, -0.1) is 0 Å². The molecule has 0 bridgehead atoms. The molecular formula is C22H17FN8O2. The normalized spacial score (nSPS) is 10.7. The Morgan fingerprint density at radius 2 is 1.45 bits per heavy atom.